The van der Waals surface area contributed by atoms with E-state index >= 15 is 0 Å². The Morgan fingerprint density at radius 1 is 1.38 bits per heavy atom. The Hall–Kier alpha value is -0.810. The first kappa shape index (κ1) is 12.2. The number of amides is 1. The Balaban J connectivity index is 3.93. The van der Waals surface area contributed by atoms with Crippen LogP contribution in [0.5, 0.6) is 0 Å². The number of nitrogens with one attached hydrogen (secondary N) is 1. The lowest BCUT2D eigenvalue weighted by Crippen LogP contribution is -2.43. The Morgan fingerprint density at radius 2 is 1.85 bits per heavy atom. The Bertz CT molecular complexity index is 145. The molecule has 0 bridgehead atoms. The highest BCUT2D eigenvalue weighted by Crippen LogP contribution is 2.01. The zero-order chi connectivity index (χ0) is 10.3. The first-order valence-corrected chi connectivity index (χ1v) is 4.34. The molecule has 0 aliphatic heterocycles. The number of hydrogen-bond donors (Lipinski definition) is 2. The summed E-state index contributed by atoms with van der Waals surface area (Å²) in [6.07, 6.45) is -1.58. The number of rotatable bonds is 6. The lowest BCUT2D eigenvalue weighted by molar-refractivity contribution is -0.149. The van der Waals surface area contributed by atoms with Crippen molar-refractivity contribution >= 4 is 6.09 Å². The van der Waals surface area contributed by atoms with Crippen molar-refractivity contribution in [3.63, 3.8) is 0 Å². The van der Waals surface area contributed by atoms with Crippen molar-refractivity contribution in [3.8, 4) is 0 Å². The second kappa shape index (κ2) is 6.68. The molecule has 2 N–H and O–H groups in total. The Labute approximate surface area is 78.0 Å². The molecule has 0 radical (unpaired) electrons. The average Bonchev–Trinajstić information content (AvgIpc) is 2.02. The standard InChI is InChI=1S/C8H17NO4/c1-4-12-7(13-5-2)6(3)9-8(10)11/h6-7,9H,4-5H2,1-3H3,(H,10,11). The van der Waals surface area contributed by atoms with Crippen molar-refractivity contribution in [1.82, 2.24) is 5.32 Å². The lowest BCUT2D eigenvalue weighted by atomic mass is 10.3. The molecule has 78 valence electrons. The van der Waals surface area contributed by atoms with Gasteiger partial charge in [-0.1, -0.05) is 0 Å². The predicted molar refractivity (Wildman–Crippen MR) is 47.7 cm³/mol. The zero-order valence-electron chi connectivity index (χ0n) is 8.24. The average molecular weight is 191 g/mol. The molecular weight excluding hydrogens is 174 g/mol. The maximum absolute atomic E-state index is 10.3. The van der Waals surface area contributed by atoms with Crippen molar-refractivity contribution in [2.75, 3.05) is 13.2 Å². The molecule has 1 amide bonds. The van der Waals surface area contributed by atoms with Gasteiger partial charge in [-0.15, -0.1) is 0 Å². The van der Waals surface area contributed by atoms with E-state index in [9.17, 15) is 4.79 Å². The minimum Gasteiger partial charge on any atom is -0.465 e. The third-order valence-electron chi connectivity index (χ3n) is 1.42. The summed E-state index contributed by atoms with van der Waals surface area (Å²) in [5, 5.41) is 10.7. The van der Waals surface area contributed by atoms with Gasteiger partial charge < -0.3 is 19.9 Å². The summed E-state index contributed by atoms with van der Waals surface area (Å²) in [5.74, 6) is 0. The van der Waals surface area contributed by atoms with Gasteiger partial charge in [0, 0.05) is 13.2 Å². The molecule has 0 saturated heterocycles. The maximum Gasteiger partial charge on any atom is 0.405 e. The number of ether oxygens (including phenoxy) is 2. The molecule has 0 aromatic heterocycles. The van der Waals surface area contributed by atoms with Crippen LogP contribution in [0.25, 0.3) is 0 Å². The van der Waals surface area contributed by atoms with E-state index in [0.717, 1.165) is 0 Å². The van der Waals surface area contributed by atoms with Crippen LogP contribution in [0.2, 0.25) is 0 Å². The number of carbonyl (C=O) groups is 1. The third kappa shape index (κ3) is 5.43. The van der Waals surface area contributed by atoms with Gasteiger partial charge in [0.2, 0.25) is 0 Å². The van der Waals surface area contributed by atoms with Gasteiger partial charge in [0.15, 0.2) is 6.29 Å². The second-order valence-electron chi connectivity index (χ2n) is 2.52. The Morgan fingerprint density at radius 3 is 2.15 bits per heavy atom. The fourth-order valence-corrected chi connectivity index (χ4v) is 0.928. The van der Waals surface area contributed by atoms with Crippen molar-refractivity contribution in [1.29, 1.82) is 0 Å². The molecule has 0 aliphatic rings. The van der Waals surface area contributed by atoms with Crippen LogP contribution in [0, 0.1) is 0 Å². The van der Waals surface area contributed by atoms with Crippen molar-refractivity contribution in [2.45, 2.75) is 33.1 Å². The van der Waals surface area contributed by atoms with Crippen LogP contribution in [0.3, 0.4) is 0 Å². The van der Waals surface area contributed by atoms with Crippen LogP contribution in [-0.4, -0.2) is 36.7 Å². The fourth-order valence-electron chi connectivity index (χ4n) is 0.928. The maximum atomic E-state index is 10.3. The van der Waals surface area contributed by atoms with E-state index in [4.69, 9.17) is 14.6 Å². The molecule has 0 aromatic carbocycles. The molecule has 0 rings (SSSR count). The summed E-state index contributed by atoms with van der Waals surface area (Å²) in [6.45, 7) is 6.36. The molecular formula is C8H17NO4. The van der Waals surface area contributed by atoms with E-state index in [1.54, 1.807) is 6.92 Å². The third-order valence-corrected chi connectivity index (χ3v) is 1.42. The topological polar surface area (TPSA) is 67.8 Å². The molecule has 0 saturated carbocycles. The fraction of sp³-hybridized carbons (Fsp3) is 0.875. The van der Waals surface area contributed by atoms with Gasteiger partial charge in [0.1, 0.15) is 0 Å². The van der Waals surface area contributed by atoms with Crippen LogP contribution >= 0.6 is 0 Å². The lowest BCUT2D eigenvalue weighted by Gasteiger charge is -2.23. The van der Waals surface area contributed by atoms with Crippen molar-refractivity contribution in [2.24, 2.45) is 0 Å². The SMILES string of the molecule is CCOC(OCC)C(C)NC(=O)O. The minimum absolute atomic E-state index is 0.364. The van der Waals surface area contributed by atoms with Gasteiger partial charge in [-0.05, 0) is 20.8 Å². The summed E-state index contributed by atoms with van der Waals surface area (Å²) >= 11 is 0. The molecule has 5 nitrogen and oxygen atoms in total. The smallest absolute Gasteiger partial charge is 0.405 e. The van der Waals surface area contributed by atoms with Crippen LogP contribution in [0.15, 0.2) is 0 Å². The number of hydrogen-bond acceptors (Lipinski definition) is 3. The van der Waals surface area contributed by atoms with Gasteiger partial charge in [0.25, 0.3) is 0 Å². The van der Waals surface area contributed by atoms with Gasteiger partial charge in [-0.3, -0.25) is 0 Å². The van der Waals surface area contributed by atoms with Crippen LogP contribution in [-0.2, 0) is 9.47 Å². The van der Waals surface area contributed by atoms with Crippen molar-refractivity contribution in [3.05, 3.63) is 0 Å². The van der Waals surface area contributed by atoms with E-state index in [-0.39, 0.29) is 6.04 Å². The van der Waals surface area contributed by atoms with Crippen molar-refractivity contribution < 1.29 is 19.4 Å². The molecule has 0 aromatic rings. The summed E-state index contributed by atoms with van der Waals surface area (Å²) in [5.41, 5.74) is 0. The van der Waals surface area contributed by atoms with E-state index in [1.165, 1.54) is 0 Å². The highest BCUT2D eigenvalue weighted by Gasteiger charge is 2.18. The molecule has 0 aliphatic carbocycles. The van der Waals surface area contributed by atoms with E-state index in [2.05, 4.69) is 5.32 Å². The molecule has 0 fully saturated rings. The normalized spacial score (nSPS) is 12.9. The Kier molecular flexibility index (Phi) is 6.26. The molecule has 0 heterocycles. The molecule has 0 spiro atoms. The summed E-state index contributed by atoms with van der Waals surface area (Å²) in [6, 6.07) is -0.364. The van der Waals surface area contributed by atoms with Crippen LogP contribution in [0.1, 0.15) is 20.8 Å². The highest BCUT2D eigenvalue weighted by molar-refractivity contribution is 5.64. The van der Waals surface area contributed by atoms with Crippen LogP contribution < -0.4 is 5.32 Å². The van der Waals surface area contributed by atoms with Crippen LogP contribution in [0.4, 0.5) is 4.79 Å². The molecule has 1 unspecified atom stereocenters. The van der Waals surface area contributed by atoms with Gasteiger partial charge in [0.05, 0.1) is 6.04 Å². The summed E-state index contributed by atoms with van der Waals surface area (Å²) < 4.78 is 10.4. The van der Waals surface area contributed by atoms with E-state index < -0.39 is 12.4 Å². The van der Waals surface area contributed by atoms with E-state index in [1.807, 2.05) is 13.8 Å². The molecule has 1 atom stereocenters. The first-order chi connectivity index (χ1) is 6.11. The van der Waals surface area contributed by atoms with E-state index in [0.29, 0.717) is 13.2 Å². The van der Waals surface area contributed by atoms with Gasteiger partial charge in [-0.25, -0.2) is 4.79 Å². The first-order valence-electron chi connectivity index (χ1n) is 4.34. The molecule has 13 heavy (non-hydrogen) atoms. The molecule has 5 heteroatoms. The largest absolute Gasteiger partial charge is 0.465 e. The van der Waals surface area contributed by atoms with Gasteiger partial charge in [-0.2, -0.15) is 0 Å². The zero-order valence-corrected chi connectivity index (χ0v) is 8.24. The minimum atomic E-state index is -1.07. The quantitative estimate of drug-likeness (QED) is 0.615. The monoisotopic (exact) mass is 191 g/mol. The second-order valence-corrected chi connectivity index (χ2v) is 2.52. The summed E-state index contributed by atoms with van der Waals surface area (Å²) in [4.78, 5) is 10.3. The summed E-state index contributed by atoms with van der Waals surface area (Å²) in [7, 11) is 0. The number of carboxylic acid groups (broad SMARTS) is 1. The van der Waals surface area contributed by atoms with Gasteiger partial charge >= 0.3 is 6.09 Å². The predicted octanol–water partition coefficient (Wildman–Crippen LogP) is 1.04. The highest BCUT2D eigenvalue weighted by atomic mass is 16.7.